The number of amides is 1. The first-order valence-electron chi connectivity index (χ1n) is 8.24. The third-order valence-corrected chi connectivity index (χ3v) is 4.43. The average Bonchev–Trinajstić information content (AvgIpc) is 2.67. The molecule has 0 aromatic heterocycles. The second kappa shape index (κ2) is 7.38. The summed E-state index contributed by atoms with van der Waals surface area (Å²) in [4.78, 5) is 26.1. The largest absolute Gasteiger partial charge is 0.493 e. The molecule has 0 aliphatic carbocycles. The van der Waals surface area contributed by atoms with Crippen LogP contribution in [0.25, 0.3) is 0 Å². The molecule has 0 N–H and O–H groups in total. The molecule has 0 saturated heterocycles. The van der Waals surface area contributed by atoms with E-state index in [2.05, 4.69) is 0 Å². The summed E-state index contributed by atoms with van der Waals surface area (Å²) in [6, 6.07) is 14.8. The normalized spacial score (nSPS) is 15.7. The van der Waals surface area contributed by atoms with Gasteiger partial charge in [-0.05, 0) is 30.2 Å². The minimum absolute atomic E-state index is 0.0767. The van der Waals surface area contributed by atoms with Crippen molar-refractivity contribution in [3.05, 3.63) is 65.2 Å². The fourth-order valence-electron chi connectivity index (χ4n) is 3.08. The van der Waals surface area contributed by atoms with Gasteiger partial charge in [0.1, 0.15) is 5.75 Å². The monoisotopic (exact) mass is 339 g/mol. The Kier molecular flexibility index (Phi) is 5.03. The van der Waals surface area contributed by atoms with E-state index in [0.717, 1.165) is 16.9 Å². The Morgan fingerprint density at radius 2 is 1.88 bits per heavy atom. The van der Waals surface area contributed by atoms with E-state index in [1.807, 2.05) is 36.4 Å². The van der Waals surface area contributed by atoms with E-state index in [1.54, 1.807) is 24.1 Å². The van der Waals surface area contributed by atoms with Gasteiger partial charge in [0.15, 0.2) is 0 Å². The van der Waals surface area contributed by atoms with Gasteiger partial charge < -0.3 is 14.4 Å². The molecule has 1 aliphatic rings. The van der Waals surface area contributed by atoms with E-state index < -0.39 is 0 Å². The minimum Gasteiger partial charge on any atom is -0.493 e. The van der Waals surface area contributed by atoms with Crippen molar-refractivity contribution in [1.29, 1.82) is 0 Å². The van der Waals surface area contributed by atoms with Crippen LogP contribution in [0.4, 0.5) is 0 Å². The van der Waals surface area contributed by atoms with E-state index >= 15 is 0 Å². The Bertz CT molecular complexity index is 770. The van der Waals surface area contributed by atoms with Crippen LogP contribution in [0.5, 0.6) is 5.75 Å². The van der Waals surface area contributed by atoms with Crippen LogP contribution in [0.1, 0.15) is 33.8 Å². The molecule has 0 radical (unpaired) electrons. The number of likely N-dealkylation sites (N-methyl/N-ethyl adjacent to an activating group) is 1. The Hall–Kier alpha value is -2.82. The van der Waals surface area contributed by atoms with Gasteiger partial charge in [0.25, 0.3) is 0 Å². The van der Waals surface area contributed by atoms with E-state index in [4.69, 9.17) is 9.47 Å². The molecule has 2 aromatic carbocycles. The van der Waals surface area contributed by atoms with Crippen LogP contribution in [0.15, 0.2) is 48.5 Å². The van der Waals surface area contributed by atoms with Crippen molar-refractivity contribution in [3.63, 3.8) is 0 Å². The molecular formula is C20H21NO4. The molecular weight excluding hydrogens is 318 g/mol. The summed E-state index contributed by atoms with van der Waals surface area (Å²) in [5, 5.41) is 0. The van der Waals surface area contributed by atoms with Crippen LogP contribution < -0.4 is 4.74 Å². The van der Waals surface area contributed by atoms with Crippen LogP contribution in [0.3, 0.4) is 0 Å². The molecule has 5 heteroatoms. The van der Waals surface area contributed by atoms with Gasteiger partial charge in [0.2, 0.25) is 5.91 Å². The van der Waals surface area contributed by atoms with E-state index in [1.165, 1.54) is 7.11 Å². The highest BCUT2D eigenvalue weighted by Crippen LogP contribution is 2.34. The fraction of sp³-hybridized carbons (Fsp3) is 0.300. The standard InChI is InChI=1S/C20H21NO4/c1-21(13-14-7-9-15(10-8-14)20(23)24-2)19(22)17-11-12-25-18-6-4-3-5-16(17)18/h3-10,17H,11-13H2,1-2H3. The van der Waals surface area contributed by atoms with Crippen LogP contribution >= 0.6 is 0 Å². The number of hydrogen-bond acceptors (Lipinski definition) is 4. The lowest BCUT2D eigenvalue weighted by Gasteiger charge is -2.28. The zero-order chi connectivity index (χ0) is 17.8. The Morgan fingerprint density at radius 1 is 1.16 bits per heavy atom. The lowest BCUT2D eigenvalue weighted by atomic mass is 9.92. The van der Waals surface area contributed by atoms with Gasteiger partial charge in [0.05, 0.1) is 25.2 Å². The van der Waals surface area contributed by atoms with Crippen molar-refractivity contribution < 1.29 is 19.1 Å². The van der Waals surface area contributed by atoms with Crippen molar-refractivity contribution in [2.75, 3.05) is 20.8 Å². The second-order valence-corrected chi connectivity index (χ2v) is 6.11. The topological polar surface area (TPSA) is 55.8 Å². The van der Waals surface area contributed by atoms with Crippen molar-refractivity contribution in [1.82, 2.24) is 4.90 Å². The number of rotatable bonds is 4. The number of fused-ring (bicyclic) bond motifs is 1. The summed E-state index contributed by atoms with van der Waals surface area (Å²) >= 11 is 0. The number of carbonyl (C=O) groups excluding carboxylic acids is 2. The quantitative estimate of drug-likeness (QED) is 0.804. The molecule has 130 valence electrons. The predicted molar refractivity (Wildman–Crippen MR) is 93.6 cm³/mol. The first kappa shape index (κ1) is 17.0. The molecule has 1 amide bonds. The minimum atomic E-state index is -0.366. The maximum Gasteiger partial charge on any atom is 0.337 e. The van der Waals surface area contributed by atoms with Gasteiger partial charge in [0, 0.05) is 19.2 Å². The van der Waals surface area contributed by atoms with Crippen LogP contribution in [0.2, 0.25) is 0 Å². The van der Waals surface area contributed by atoms with Crippen LogP contribution in [0, 0.1) is 0 Å². The van der Waals surface area contributed by atoms with Gasteiger partial charge in [-0.3, -0.25) is 4.79 Å². The fourth-order valence-corrected chi connectivity index (χ4v) is 3.08. The first-order valence-corrected chi connectivity index (χ1v) is 8.24. The summed E-state index contributed by atoms with van der Waals surface area (Å²) in [6.45, 7) is 1.04. The zero-order valence-electron chi connectivity index (χ0n) is 14.4. The Labute approximate surface area is 147 Å². The molecule has 0 saturated carbocycles. The summed E-state index contributed by atoms with van der Waals surface area (Å²) in [5.41, 5.74) is 2.41. The number of ether oxygens (including phenoxy) is 2. The summed E-state index contributed by atoms with van der Waals surface area (Å²) in [5.74, 6) is 0.329. The molecule has 1 aliphatic heterocycles. The molecule has 25 heavy (non-hydrogen) atoms. The van der Waals surface area contributed by atoms with E-state index in [0.29, 0.717) is 25.1 Å². The Morgan fingerprint density at radius 3 is 2.60 bits per heavy atom. The van der Waals surface area contributed by atoms with E-state index in [-0.39, 0.29) is 17.8 Å². The van der Waals surface area contributed by atoms with Gasteiger partial charge in [-0.25, -0.2) is 4.79 Å². The molecule has 0 spiro atoms. The highest BCUT2D eigenvalue weighted by Gasteiger charge is 2.29. The van der Waals surface area contributed by atoms with Crippen molar-refractivity contribution in [2.24, 2.45) is 0 Å². The third kappa shape index (κ3) is 3.65. The van der Waals surface area contributed by atoms with E-state index in [9.17, 15) is 9.59 Å². The first-order chi connectivity index (χ1) is 12.1. The number of nitrogens with zero attached hydrogens (tertiary/aromatic N) is 1. The van der Waals surface area contributed by atoms with Gasteiger partial charge in [-0.2, -0.15) is 0 Å². The molecule has 1 heterocycles. The van der Waals surface area contributed by atoms with Crippen molar-refractivity contribution in [2.45, 2.75) is 18.9 Å². The maximum atomic E-state index is 12.9. The summed E-state index contributed by atoms with van der Waals surface area (Å²) in [7, 11) is 3.16. The molecule has 5 nitrogen and oxygen atoms in total. The third-order valence-electron chi connectivity index (χ3n) is 4.43. The summed E-state index contributed by atoms with van der Waals surface area (Å²) in [6.07, 6.45) is 0.682. The maximum absolute atomic E-state index is 12.9. The average molecular weight is 339 g/mol. The molecule has 1 unspecified atom stereocenters. The smallest absolute Gasteiger partial charge is 0.337 e. The highest BCUT2D eigenvalue weighted by molar-refractivity contribution is 5.89. The molecule has 0 bridgehead atoms. The number of carbonyl (C=O) groups is 2. The molecule has 1 atom stereocenters. The Balaban J connectivity index is 1.70. The lowest BCUT2D eigenvalue weighted by molar-refractivity contribution is -0.132. The molecule has 2 aromatic rings. The number of hydrogen-bond donors (Lipinski definition) is 0. The van der Waals surface area contributed by atoms with Crippen LogP contribution in [-0.2, 0) is 16.1 Å². The number of methoxy groups -OCH3 is 1. The number of benzene rings is 2. The van der Waals surface area contributed by atoms with Gasteiger partial charge >= 0.3 is 5.97 Å². The molecule has 0 fully saturated rings. The van der Waals surface area contributed by atoms with Crippen molar-refractivity contribution >= 4 is 11.9 Å². The second-order valence-electron chi connectivity index (χ2n) is 6.11. The number of esters is 1. The lowest BCUT2D eigenvalue weighted by Crippen LogP contribution is -2.33. The van der Waals surface area contributed by atoms with Gasteiger partial charge in [-0.15, -0.1) is 0 Å². The van der Waals surface area contributed by atoms with Gasteiger partial charge in [-0.1, -0.05) is 30.3 Å². The predicted octanol–water partition coefficient (Wildman–Crippen LogP) is 3.00. The number of para-hydroxylation sites is 1. The zero-order valence-corrected chi connectivity index (χ0v) is 14.4. The van der Waals surface area contributed by atoms with Crippen LogP contribution in [-0.4, -0.2) is 37.5 Å². The van der Waals surface area contributed by atoms with Crippen molar-refractivity contribution in [3.8, 4) is 5.75 Å². The highest BCUT2D eigenvalue weighted by atomic mass is 16.5. The molecule has 3 rings (SSSR count). The SMILES string of the molecule is COC(=O)c1ccc(CN(C)C(=O)C2CCOc3ccccc32)cc1. The summed E-state index contributed by atoms with van der Waals surface area (Å²) < 4.78 is 10.3.